The lowest BCUT2D eigenvalue weighted by Gasteiger charge is -2.19. The van der Waals surface area contributed by atoms with Gasteiger partial charge in [0.15, 0.2) is 0 Å². The molecule has 146 valence electrons. The van der Waals surface area contributed by atoms with Gasteiger partial charge in [-0.2, -0.15) is 0 Å². The number of ether oxygens (including phenoxy) is 1. The summed E-state index contributed by atoms with van der Waals surface area (Å²) in [5.74, 6) is 1.41. The van der Waals surface area contributed by atoms with Crippen LogP contribution in [0.15, 0.2) is 71.8 Å². The van der Waals surface area contributed by atoms with E-state index in [2.05, 4.69) is 4.98 Å². The molecule has 0 aliphatic rings. The van der Waals surface area contributed by atoms with Gasteiger partial charge in [0.2, 0.25) is 0 Å². The molecular formula is C20H20ClN3O3S. The van der Waals surface area contributed by atoms with Crippen LogP contribution in [0.25, 0.3) is 0 Å². The Hall–Kier alpha value is -2.90. The van der Waals surface area contributed by atoms with Crippen molar-refractivity contribution >= 4 is 41.8 Å². The van der Waals surface area contributed by atoms with Gasteiger partial charge in [0.05, 0.1) is 6.54 Å². The number of aromatic nitrogens is 1. The molecule has 0 radical (unpaired) electrons. The monoisotopic (exact) mass is 417 g/mol. The van der Waals surface area contributed by atoms with Crippen LogP contribution in [-0.2, 0) is 6.54 Å². The number of anilines is 2. The molecular weight excluding hydrogens is 398 g/mol. The molecule has 28 heavy (non-hydrogen) atoms. The number of pyridine rings is 1. The fourth-order valence-electron chi connectivity index (χ4n) is 2.51. The molecule has 0 saturated heterocycles. The van der Waals surface area contributed by atoms with Crippen LogP contribution in [0, 0.1) is 0 Å². The third-order valence-corrected chi connectivity index (χ3v) is 4.64. The number of nitrogens with zero attached hydrogens (tertiary/aromatic N) is 2. The van der Waals surface area contributed by atoms with Crippen molar-refractivity contribution in [2.45, 2.75) is 11.4 Å². The Kier molecular flexibility index (Phi) is 7.54. The highest BCUT2D eigenvalue weighted by molar-refractivity contribution is 7.98. The van der Waals surface area contributed by atoms with E-state index in [1.54, 1.807) is 24.3 Å². The molecule has 3 N–H and O–H groups in total. The number of carbonyl (C=O) groups is 1. The minimum atomic E-state index is -1.08. The maximum Gasteiger partial charge on any atom is 0.413 e. The average Bonchev–Trinajstić information content (AvgIpc) is 2.68. The lowest BCUT2D eigenvalue weighted by molar-refractivity contribution is 0.201. The van der Waals surface area contributed by atoms with Gasteiger partial charge in [-0.25, -0.2) is 9.78 Å². The maximum absolute atomic E-state index is 11.7. The molecule has 6 nitrogen and oxygen atoms in total. The molecule has 0 fully saturated rings. The molecule has 3 aromatic rings. The van der Waals surface area contributed by atoms with Gasteiger partial charge in [0.1, 0.15) is 17.3 Å². The van der Waals surface area contributed by atoms with E-state index in [1.165, 1.54) is 22.9 Å². The summed E-state index contributed by atoms with van der Waals surface area (Å²) in [5, 5.41) is 9.60. The third kappa shape index (κ3) is 5.31. The molecule has 0 spiro atoms. The summed E-state index contributed by atoms with van der Waals surface area (Å²) in [4.78, 5) is 18.0. The Balaban J connectivity index is 0.00000280. The van der Waals surface area contributed by atoms with Crippen LogP contribution in [0.2, 0.25) is 0 Å². The summed E-state index contributed by atoms with van der Waals surface area (Å²) in [5.41, 5.74) is 7.46. The van der Waals surface area contributed by atoms with Crippen molar-refractivity contribution in [2.24, 2.45) is 0 Å². The number of amides is 1. The number of thioether (sulfide) groups is 1. The SMILES string of the molecule is CSc1cc(Oc2ccnc(N(Cc3ccccc3)C(=O)O)c2)ccc1N.Cl. The fourth-order valence-corrected chi connectivity index (χ4v) is 3.05. The van der Waals surface area contributed by atoms with Crippen molar-refractivity contribution in [1.29, 1.82) is 0 Å². The molecule has 0 atom stereocenters. The van der Waals surface area contributed by atoms with Crippen molar-refractivity contribution in [3.63, 3.8) is 0 Å². The number of hydrogen-bond donors (Lipinski definition) is 2. The molecule has 0 unspecified atom stereocenters. The maximum atomic E-state index is 11.7. The first kappa shape index (κ1) is 21.4. The number of nitrogens with two attached hydrogens (primary N) is 1. The summed E-state index contributed by atoms with van der Waals surface area (Å²) >= 11 is 1.53. The van der Waals surface area contributed by atoms with E-state index in [9.17, 15) is 9.90 Å². The van der Waals surface area contributed by atoms with Gasteiger partial charge in [-0.1, -0.05) is 30.3 Å². The fraction of sp³-hybridized carbons (Fsp3) is 0.100. The second-order valence-corrected chi connectivity index (χ2v) is 6.56. The molecule has 0 saturated carbocycles. The minimum Gasteiger partial charge on any atom is -0.465 e. The smallest absolute Gasteiger partial charge is 0.413 e. The molecule has 3 rings (SSSR count). The number of carboxylic acid groups (broad SMARTS) is 1. The average molecular weight is 418 g/mol. The van der Waals surface area contributed by atoms with Crippen LogP contribution in [0.3, 0.4) is 0 Å². The van der Waals surface area contributed by atoms with E-state index in [0.29, 0.717) is 23.0 Å². The van der Waals surface area contributed by atoms with Crippen molar-refractivity contribution in [3.05, 3.63) is 72.4 Å². The minimum absolute atomic E-state index is 0. The van der Waals surface area contributed by atoms with Crippen molar-refractivity contribution in [2.75, 3.05) is 16.9 Å². The van der Waals surface area contributed by atoms with E-state index in [0.717, 1.165) is 10.5 Å². The second kappa shape index (κ2) is 9.87. The first-order valence-corrected chi connectivity index (χ1v) is 9.41. The van der Waals surface area contributed by atoms with E-state index in [-0.39, 0.29) is 19.0 Å². The van der Waals surface area contributed by atoms with Crippen LogP contribution >= 0.6 is 24.2 Å². The van der Waals surface area contributed by atoms with E-state index >= 15 is 0 Å². The zero-order valence-corrected chi connectivity index (χ0v) is 16.7. The molecule has 1 amide bonds. The van der Waals surface area contributed by atoms with Crippen molar-refractivity contribution < 1.29 is 14.6 Å². The summed E-state index contributed by atoms with van der Waals surface area (Å²) in [6.07, 6.45) is 2.38. The number of benzene rings is 2. The Bertz CT molecular complexity index is 941. The predicted octanol–water partition coefficient (Wildman–Crippen LogP) is 5.28. The zero-order valence-electron chi connectivity index (χ0n) is 15.1. The quantitative estimate of drug-likeness (QED) is 0.418. The highest BCUT2D eigenvalue weighted by Gasteiger charge is 2.17. The van der Waals surface area contributed by atoms with Crippen LogP contribution < -0.4 is 15.4 Å². The standard InChI is InChI=1S/C20H19N3O3S.ClH/c1-27-18-11-15(7-8-17(18)21)26-16-9-10-22-19(12-16)23(20(24)25)13-14-5-3-2-4-6-14;/h2-12H,13,21H2,1H3,(H,24,25);1H. The van der Waals surface area contributed by atoms with Gasteiger partial charge in [-0.3, -0.25) is 4.90 Å². The van der Waals surface area contributed by atoms with E-state index < -0.39 is 6.09 Å². The predicted molar refractivity (Wildman–Crippen MR) is 115 cm³/mol. The third-order valence-electron chi connectivity index (χ3n) is 3.85. The van der Waals surface area contributed by atoms with Gasteiger partial charge >= 0.3 is 6.09 Å². The summed E-state index contributed by atoms with van der Waals surface area (Å²) in [7, 11) is 0. The van der Waals surface area contributed by atoms with Crippen molar-refractivity contribution in [1.82, 2.24) is 4.98 Å². The van der Waals surface area contributed by atoms with Gasteiger partial charge < -0.3 is 15.6 Å². The molecule has 8 heteroatoms. The van der Waals surface area contributed by atoms with Crippen LogP contribution in [-0.4, -0.2) is 22.4 Å². The Morgan fingerprint density at radius 1 is 1.14 bits per heavy atom. The van der Waals surface area contributed by atoms with Crippen LogP contribution in [0.4, 0.5) is 16.3 Å². The number of halogens is 1. The molecule has 0 bridgehead atoms. The number of nitrogen functional groups attached to an aromatic ring is 1. The first-order valence-electron chi connectivity index (χ1n) is 8.18. The lowest BCUT2D eigenvalue weighted by atomic mass is 10.2. The molecule has 2 aromatic carbocycles. The van der Waals surface area contributed by atoms with Crippen molar-refractivity contribution in [3.8, 4) is 11.5 Å². The van der Waals surface area contributed by atoms with Gasteiger partial charge in [0, 0.05) is 22.8 Å². The topological polar surface area (TPSA) is 88.7 Å². The Morgan fingerprint density at radius 3 is 2.54 bits per heavy atom. The van der Waals surface area contributed by atoms with Gasteiger partial charge in [-0.15, -0.1) is 24.2 Å². The second-order valence-electron chi connectivity index (χ2n) is 5.71. The number of rotatable bonds is 6. The summed E-state index contributed by atoms with van der Waals surface area (Å²) in [6, 6.07) is 18.0. The zero-order chi connectivity index (χ0) is 19.2. The van der Waals surface area contributed by atoms with Crippen LogP contribution in [0.1, 0.15) is 5.56 Å². The van der Waals surface area contributed by atoms with E-state index in [1.807, 2.05) is 42.7 Å². The first-order chi connectivity index (χ1) is 13.1. The summed E-state index contributed by atoms with van der Waals surface area (Å²) < 4.78 is 5.87. The highest BCUT2D eigenvalue weighted by atomic mass is 35.5. The van der Waals surface area contributed by atoms with Gasteiger partial charge in [-0.05, 0) is 36.1 Å². The largest absolute Gasteiger partial charge is 0.465 e. The van der Waals surface area contributed by atoms with E-state index in [4.69, 9.17) is 10.5 Å². The Morgan fingerprint density at radius 2 is 1.86 bits per heavy atom. The molecule has 0 aliphatic heterocycles. The normalized spacial score (nSPS) is 10.0. The van der Waals surface area contributed by atoms with Crippen LogP contribution in [0.5, 0.6) is 11.5 Å². The summed E-state index contributed by atoms with van der Waals surface area (Å²) in [6.45, 7) is 0.200. The lowest BCUT2D eigenvalue weighted by Crippen LogP contribution is -2.29. The Labute approximate surface area is 173 Å². The molecule has 1 aromatic heterocycles. The molecule has 1 heterocycles. The van der Waals surface area contributed by atoms with Gasteiger partial charge in [0.25, 0.3) is 0 Å². The molecule has 0 aliphatic carbocycles. The highest BCUT2D eigenvalue weighted by Crippen LogP contribution is 2.31. The number of hydrogen-bond acceptors (Lipinski definition) is 5.